The van der Waals surface area contributed by atoms with E-state index in [0.717, 1.165) is 31.2 Å². The second-order valence-corrected chi connectivity index (χ2v) is 6.39. The number of hydrogen-bond donors (Lipinski definition) is 2. The average molecular weight is 302 g/mol. The standard InChI is InChI=1S/C18H30N4/c1-15-8-6-9-16(14-15)21-18(19)20-12-7-13-22(2)17-10-4-3-5-11-17/h6,8-9,14,17H,3-5,7,10-13H2,1-2H3,(H3,19,20,21). The largest absolute Gasteiger partial charge is 0.370 e. The van der Waals surface area contributed by atoms with Crippen LogP contribution in [0.3, 0.4) is 0 Å². The molecule has 0 saturated heterocycles. The maximum Gasteiger partial charge on any atom is 0.193 e. The molecule has 1 fully saturated rings. The van der Waals surface area contributed by atoms with Crippen molar-refractivity contribution in [2.24, 2.45) is 10.7 Å². The van der Waals surface area contributed by atoms with Crippen LogP contribution in [0.4, 0.5) is 5.69 Å². The number of nitrogens with two attached hydrogens (primary N) is 1. The van der Waals surface area contributed by atoms with Crippen LogP contribution in [-0.4, -0.2) is 37.0 Å². The van der Waals surface area contributed by atoms with Gasteiger partial charge in [-0.2, -0.15) is 0 Å². The molecule has 3 N–H and O–H groups in total. The second-order valence-electron chi connectivity index (χ2n) is 6.39. The topological polar surface area (TPSA) is 53.6 Å². The third-order valence-corrected chi connectivity index (χ3v) is 4.44. The van der Waals surface area contributed by atoms with Gasteiger partial charge in [0.1, 0.15) is 0 Å². The Morgan fingerprint density at radius 3 is 2.82 bits per heavy atom. The summed E-state index contributed by atoms with van der Waals surface area (Å²) in [6, 6.07) is 8.94. The van der Waals surface area contributed by atoms with Crippen LogP contribution in [0.1, 0.15) is 44.1 Å². The number of aryl methyl sites for hydroxylation is 1. The SMILES string of the molecule is Cc1cccc(NC(N)=NCCCN(C)C2CCCCC2)c1. The number of benzene rings is 1. The predicted octanol–water partition coefficient (Wildman–Crippen LogP) is 3.38. The molecule has 1 saturated carbocycles. The van der Waals surface area contributed by atoms with Crippen molar-refractivity contribution < 1.29 is 0 Å². The number of nitrogens with one attached hydrogen (secondary N) is 1. The van der Waals surface area contributed by atoms with Gasteiger partial charge in [-0.1, -0.05) is 31.4 Å². The van der Waals surface area contributed by atoms with E-state index in [9.17, 15) is 0 Å². The third-order valence-electron chi connectivity index (χ3n) is 4.44. The highest BCUT2D eigenvalue weighted by Gasteiger charge is 2.16. The van der Waals surface area contributed by atoms with Crippen molar-refractivity contribution in [3.63, 3.8) is 0 Å². The van der Waals surface area contributed by atoms with Gasteiger partial charge in [0.25, 0.3) is 0 Å². The fraction of sp³-hybridized carbons (Fsp3) is 0.611. The number of aliphatic imine (C=N–C) groups is 1. The molecule has 1 aromatic carbocycles. The molecular formula is C18H30N4. The summed E-state index contributed by atoms with van der Waals surface area (Å²) in [5, 5.41) is 3.15. The summed E-state index contributed by atoms with van der Waals surface area (Å²) in [6.45, 7) is 3.95. The minimum absolute atomic E-state index is 0.505. The van der Waals surface area contributed by atoms with Gasteiger partial charge in [-0.3, -0.25) is 4.99 Å². The van der Waals surface area contributed by atoms with Crippen LogP contribution in [0.5, 0.6) is 0 Å². The first-order valence-electron chi connectivity index (χ1n) is 8.49. The maximum atomic E-state index is 5.94. The fourth-order valence-electron chi connectivity index (χ4n) is 3.13. The molecule has 0 spiro atoms. The number of nitrogens with zero attached hydrogens (tertiary/aromatic N) is 2. The van der Waals surface area contributed by atoms with E-state index >= 15 is 0 Å². The van der Waals surface area contributed by atoms with Crippen molar-refractivity contribution in [3.05, 3.63) is 29.8 Å². The van der Waals surface area contributed by atoms with Gasteiger partial charge in [-0.25, -0.2) is 0 Å². The van der Waals surface area contributed by atoms with Crippen LogP contribution in [0.2, 0.25) is 0 Å². The van der Waals surface area contributed by atoms with Crippen molar-refractivity contribution in [1.82, 2.24) is 4.90 Å². The van der Waals surface area contributed by atoms with E-state index in [4.69, 9.17) is 5.73 Å². The van der Waals surface area contributed by atoms with Crippen LogP contribution < -0.4 is 11.1 Å². The highest BCUT2D eigenvalue weighted by molar-refractivity contribution is 5.92. The van der Waals surface area contributed by atoms with Crippen molar-refractivity contribution in [2.75, 3.05) is 25.5 Å². The summed E-state index contributed by atoms with van der Waals surface area (Å²) in [5.74, 6) is 0.505. The molecular weight excluding hydrogens is 272 g/mol. The Bertz CT molecular complexity index is 478. The Morgan fingerprint density at radius 2 is 2.09 bits per heavy atom. The van der Waals surface area contributed by atoms with E-state index in [0.29, 0.717) is 5.96 Å². The van der Waals surface area contributed by atoms with Crippen LogP contribution in [-0.2, 0) is 0 Å². The molecule has 0 heterocycles. The van der Waals surface area contributed by atoms with E-state index in [1.54, 1.807) is 0 Å². The molecule has 0 aliphatic heterocycles. The van der Waals surface area contributed by atoms with Gasteiger partial charge >= 0.3 is 0 Å². The van der Waals surface area contributed by atoms with Crippen LogP contribution in [0.15, 0.2) is 29.3 Å². The Kier molecular flexibility index (Phi) is 6.72. The molecule has 4 heteroatoms. The molecule has 22 heavy (non-hydrogen) atoms. The van der Waals surface area contributed by atoms with E-state index in [1.165, 1.54) is 37.7 Å². The molecule has 122 valence electrons. The van der Waals surface area contributed by atoms with Crippen molar-refractivity contribution in [3.8, 4) is 0 Å². The maximum absolute atomic E-state index is 5.94. The van der Waals surface area contributed by atoms with Crippen molar-refractivity contribution in [2.45, 2.75) is 51.5 Å². The molecule has 4 nitrogen and oxygen atoms in total. The Balaban J connectivity index is 1.68. The first-order chi connectivity index (χ1) is 10.6. The number of anilines is 1. The highest BCUT2D eigenvalue weighted by Crippen LogP contribution is 2.21. The zero-order chi connectivity index (χ0) is 15.8. The molecule has 1 aliphatic rings. The monoisotopic (exact) mass is 302 g/mol. The van der Waals surface area contributed by atoms with Crippen LogP contribution in [0.25, 0.3) is 0 Å². The smallest absolute Gasteiger partial charge is 0.193 e. The van der Waals surface area contributed by atoms with E-state index in [1.807, 2.05) is 12.1 Å². The highest BCUT2D eigenvalue weighted by atomic mass is 15.1. The van der Waals surface area contributed by atoms with E-state index in [-0.39, 0.29) is 0 Å². The number of hydrogen-bond acceptors (Lipinski definition) is 2. The summed E-state index contributed by atoms with van der Waals surface area (Å²) in [4.78, 5) is 6.92. The summed E-state index contributed by atoms with van der Waals surface area (Å²) in [7, 11) is 2.24. The number of rotatable bonds is 6. The molecule has 0 radical (unpaired) electrons. The molecule has 2 rings (SSSR count). The first-order valence-corrected chi connectivity index (χ1v) is 8.49. The molecule has 0 unspecified atom stereocenters. The summed E-state index contributed by atoms with van der Waals surface area (Å²) >= 11 is 0. The van der Waals surface area contributed by atoms with Crippen molar-refractivity contribution in [1.29, 1.82) is 0 Å². The molecule has 0 aromatic heterocycles. The molecule has 1 aliphatic carbocycles. The number of guanidine groups is 1. The summed E-state index contributed by atoms with van der Waals surface area (Å²) in [6.07, 6.45) is 7.97. The van der Waals surface area contributed by atoms with E-state index < -0.39 is 0 Å². The summed E-state index contributed by atoms with van der Waals surface area (Å²) < 4.78 is 0. The lowest BCUT2D eigenvalue weighted by Crippen LogP contribution is -2.34. The van der Waals surface area contributed by atoms with E-state index in [2.05, 4.69) is 41.3 Å². The van der Waals surface area contributed by atoms with Gasteiger partial charge in [-0.05, 0) is 57.5 Å². The zero-order valence-corrected chi connectivity index (χ0v) is 14.0. The Morgan fingerprint density at radius 1 is 1.32 bits per heavy atom. The van der Waals surface area contributed by atoms with Crippen LogP contribution >= 0.6 is 0 Å². The Labute approximate surface area is 134 Å². The second kappa shape index (κ2) is 8.79. The van der Waals surface area contributed by atoms with Gasteiger partial charge < -0.3 is 16.0 Å². The lowest BCUT2D eigenvalue weighted by molar-refractivity contribution is 0.191. The first kappa shape index (κ1) is 16.8. The molecule has 0 atom stereocenters. The summed E-state index contributed by atoms with van der Waals surface area (Å²) in [5.41, 5.74) is 8.16. The third kappa shape index (κ3) is 5.68. The normalized spacial score (nSPS) is 17.0. The van der Waals surface area contributed by atoms with Gasteiger partial charge in [0.2, 0.25) is 0 Å². The van der Waals surface area contributed by atoms with Gasteiger partial charge in [0, 0.05) is 18.3 Å². The molecule has 0 bridgehead atoms. The zero-order valence-electron chi connectivity index (χ0n) is 14.0. The lowest BCUT2D eigenvalue weighted by atomic mass is 9.94. The fourth-order valence-corrected chi connectivity index (χ4v) is 3.13. The van der Waals surface area contributed by atoms with Gasteiger partial charge in [-0.15, -0.1) is 0 Å². The average Bonchev–Trinajstić information content (AvgIpc) is 2.52. The minimum atomic E-state index is 0.505. The quantitative estimate of drug-likeness (QED) is 0.481. The molecule has 0 amide bonds. The minimum Gasteiger partial charge on any atom is -0.370 e. The lowest BCUT2D eigenvalue weighted by Gasteiger charge is -2.30. The molecule has 1 aromatic rings. The van der Waals surface area contributed by atoms with Gasteiger partial charge in [0.05, 0.1) is 0 Å². The van der Waals surface area contributed by atoms with Crippen LogP contribution in [0, 0.1) is 6.92 Å². The predicted molar refractivity (Wildman–Crippen MR) is 95.4 cm³/mol. The van der Waals surface area contributed by atoms with Crippen molar-refractivity contribution >= 4 is 11.6 Å². The van der Waals surface area contributed by atoms with Gasteiger partial charge in [0.15, 0.2) is 5.96 Å². The Hall–Kier alpha value is -1.55.